The molecule has 0 spiro atoms. The monoisotopic (exact) mass is 368 g/mol. The first-order valence-electron chi connectivity index (χ1n) is 9.96. The molecule has 3 aliphatic rings. The van der Waals surface area contributed by atoms with E-state index in [0.29, 0.717) is 12.1 Å². The Hall–Kier alpha value is -3.14. The fraction of sp³-hybridized carbons (Fsp3) is 0.250. The molecule has 2 saturated carbocycles. The Labute approximate surface area is 165 Å². The molecule has 140 valence electrons. The Morgan fingerprint density at radius 1 is 0.607 bits per heavy atom. The lowest BCUT2D eigenvalue weighted by molar-refractivity contribution is 0.758. The van der Waals surface area contributed by atoms with Crippen LogP contribution in [0.5, 0.6) is 0 Å². The number of nitrogens with zero attached hydrogens (tertiary/aromatic N) is 2. The van der Waals surface area contributed by atoms with Crippen LogP contribution in [-0.2, 0) is 0 Å². The largest absolute Gasteiger partial charge is 0.385 e. The number of benzene rings is 2. The van der Waals surface area contributed by atoms with Gasteiger partial charge in [-0.15, -0.1) is 0 Å². The highest BCUT2D eigenvalue weighted by Gasteiger charge is 2.37. The van der Waals surface area contributed by atoms with Crippen LogP contribution < -0.4 is 10.6 Å². The van der Waals surface area contributed by atoms with E-state index in [1.807, 2.05) is 24.6 Å². The topological polar surface area (TPSA) is 48.8 Å². The molecule has 1 heterocycles. The van der Waals surface area contributed by atoms with Gasteiger partial charge in [0, 0.05) is 48.1 Å². The Balaban J connectivity index is 1.40. The molecule has 2 aromatic carbocycles. The lowest BCUT2D eigenvalue weighted by Crippen LogP contribution is -2.21. The van der Waals surface area contributed by atoms with Gasteiger partial charge in [0.25, 0.3) is 0 Å². The van der Waals surface area contributed by atoms with Crippen molar-refractivity contribution in [2.24, 2.45) is 9.98 Å². The van der Waals surface area contributed by atoms with Crippen molar-refractivity contribution in [2.75, 3.05) is 0 Å². The van der Waals surface area contributed by atoms with Crippen molar-refractivity contribution in [1.29, 1.82) is 0 Å². The standard InChI is InChI=1S/C24H24N4/c1-3-7-17(8-4-1)19-13-25-21-11-23(21)27-15-20(18-9-5-2-6-10-18)16-28-24-12-22(24)26-14-19/h1-10,13-16,21-25,27H,11-12H2/b19-13+,20-15+,26-14?,28-16?. The first-order chi connectivity index (χ1) is 13.9. The normalized spacial score (nSPS) is 32.1. The molecular weight excluding hydrogens is 344 g/mol. The van der Waals surface area contributed by atoms with Crippen molar-refractivity contribution in [2.45, 2.75) is 37.0 Å². The van der Waals surface area contributed by atoms with Crippen molar-refractivity contribution in [3.05, 3.63) is 84.2 Å². The molecule has 4 heteroatoms. The molecule has 4 nitrogen and oxygen atoms in total. The van der Waals surface area contributed by atoms with Crippen molar-refractivity contribution >= 4 is 23.6 Å². The molecule has 0 bridgehead atoms. The summed E-state index contributed by atoms with van der Waals surface area (Å²) in [6.45, 7) is 0. The second kappa shape index (κ2) is 7.47. The molecule has 4 atom stereocenters. The summed E-state index contributed by atoms with van der Waals surface area (Å²) in [5, 5.41) is 7.13. The maximum Gasteiger partial charge on any atom is 0.0745 e. The van der Waals surface area contributed by atoms with Gasteiger partial charge >= 0.3 is 0 Å². The van der Waals surface area contributed by atoms with Crippen LogP contribution in [0.1, 0.15) is 24.0 Å². The Morgan fingerprint density at radius 3 is 1.54 bits per heavy atom. The smallest absolute Gasteiger partial charge is 0.0745 e. The zero-order valence-electron chi connectivity index (χ0n) is 15.7. The molecule has 1 aliphatic heterocycles. The number of allylic oxidation sites excluding steroid dienone is 2. The quantitative estimate of drug-likeness (QED) is 0.849. The summed E-state index contributed by atoms with van der Waals surface area (Å²) in [6, 6.07) is 22.3. The minimum absolute atomic E-state index is 0.282. The predicted octanol–water partition coefficient (Wildman–Crippen LogP) is 3.68. The van der Waals surface area contributed by atoms with E-state index in [1.165, 1.54) is 11.1 Å². The van der Waals surface area contributed by atoms with Crippen molar-refractivity contribution < 1.29 is 0 Å². The Bertz CT molecular complexity index is 866. The summed E-state index contributed by atoms with van der Waals surface area (Å²) < 4.78 is 0. The van der Waals surface area contributed by atoms with E-state index in [0.717, 1.165) is 24.0 Å². The lowest BCUT2D eigenvalue weighted by atomic mass is 10.1. The van der Waals surface area contributed by atoms with E-state index < -0.39 is 0 Å². The van der Waals surface area contributed by atoms with Crippen LogP contribution >= 0.6 is 0 Å². The number of hydrogen-bond acceptors (Lipinski definition) is 4. The van der Waals surface area contributed by atoms with Gasteiger partial charge in [0.1, 0.15) is 0 Å². The molecule has 2 aromatic rings. The van der Waals surface area contributed by atoms with E-state index in [9.17, 15) is 0 Å². The van der Waals surface area contributed by atoms with Gasteiger partial charge in [0.15, 0.2) is 0 Å². The van der Waals surface area contributed by atoms with E-state index in [-0.39, 0.29) is 12.1 Å². The van der Waals surface area contributed by atoms with Gasteiger partial charge in [-0.1, -0.05) is 60.7 Å². The van der Waals surface area contributed by atoms with Gasteiger partial charge in [-0.25, -0.2) is 0 Å². The average molecular weight is 368 g/mol. The van der Waals surface area contributed by atoms with Crippen molar-refractivity contribution in [1.82, 2.24) is 10.6 Å². The molecule has 0 radical (unpaired) electrons. The molecular formula is C24H24N4. The van der Waals surface area contributed by atoms with Gasteiger partial charge in [-0.2, -0.15) is 0 Å². The third-order valence-corrected chi connectivity index (χ3v) is 5.44. The SMILES string of the molecule is C1=NC2CC2N=C/C(c2ccccc2)=C\NC2CC2N/C=C\1c1ccccc1. The number of hydrogen-bond donors (Lipinski definition) is 2. The number of aliphatic imine (C=N–C) groups is 2. The summed E-state index contributed by atoms with van der Waals surface area (Å²) in [5.41, 5.74) is 4.61. The summed E-state index contributed by atoms with van der Waals surface area (Å²) >= 11 is 0. The summed E-state index contributed by atoms with van der Waals surface area (Å²) in [6.07, 6.45) is 10.4. The number of fused-ring (bicyclic) bond motifs is 2. The number of nitrogens with one attached hydrogen (secondary N) is 2. The maximum absolute atomic E-state index is 4.80. The second-order valence-electron chi connectivity index (χ2n) is 7.64. The number of rotatable bonds is 2. The van der Waals surface area contributed by atoms with Crippen LogP contribution in [0.15, 0.2) is 83.0 Å². The highest BCUT2D eigenvalue weighted by atomic mass is 15.1. The van der Waals surface area contributed by atoms with E-state index in [1.54, 1.807) is 0 Å². The van der Waals surface area contributed by atoms with Gasteiger partial charge in [0.2, 0.25) is 0 Å². The molecule has 0 saturated heterocycles. The summed E-state index contributed by atoms with van der Waals surface area (Å²) in [5.74, 6) is 0. The molecule has 4 unspecified atom stereocenters. The Morgan fingerprint density at radius 2 is 1.07 bits per heavy atom. The summed E-state index contributed by atoms with van der Waals surface area (Å²) in [7, 11) is 0. The first-order valence-corrected chi connectivity index (χ1v) is 9.96. The molecule has 0 aromatic heterocycles. The molecule has 0 amide bonds. The van der Waals surface area contributed by atoms with Gasteiger partial charge in [-0.05, 0) is 24.0 Å². The molecule has 2 N–H and O–H groups in total. The highest BCUT2D eigenvalue weighted by Crippen LogP contribution is 2.30. The minimum Gasteiger partial charge on any atom is -0.385 e. The van der Waals surface area contributed by atoms with E-state index in [2.05, 4.69) is 71.6 Å². The Kier molecular flexibility index (Phi) is 4.53. The van der Waals surface area contributed by atoms with Crippen LogP contribution in [0.2, 0.25) is 0 Å². The van der Waals surface area contributed by atoms with E-state index in [4.69, 9.17) is 9.98 Å². The van der Waals surface area contributed by atoms with Crippen LogP contribution in [-0.4, -0.2) is 36.6 Å². The average Bonchev–Trinajstić information content (AvgIpc) is 3.66. The minimum atomic E-state index is 0.282. The fourth-order valence-corrected chi connectivity index (χ4v) is 3.45. The second-order valence-corrected chi connectivity index (χ2v) is 7.64. The molecule has 5 rings (SSSR count). The maximum atomic E-state index is 4.80. The molecule has 2 aliphatic carbocycles. The third-order valence-electron chi connectivity index (χ3n) is 5.44. The zero-order chi connectivity index (χ0) is 18.8. The first kappa shape index (κ1) is 17.0. The molecule has 28 heavy (non-hydrogen) atoms. The predicted molar refractivity (Wildman–Crippen MR) is 116 cm³/mol. The van der Waals surface area contributed by atoms with Crippen molar-refractivity contribution in [3.8, 4) is 0 Å². The highest BCUT2D eigenvalue weighted by molar-refractivity contribution is 6.10. The van der Waals surface area contributed by atoms with E-state index >= 15 is 0 Å². The fourth-order valence-electron chi connectivity index (χ4n) is 3.45. The van der Waals surface area contributed by atoms with Crippen molar-refractivity contribution in [3.63, 3.8) is 0 Å². The van der Waals surface area contributed by atoms with Crippen LogP contribution in [0.4, 0.5) is 0 Å². The third kappa shape index (κ3) is 3.91. The zero-order valence-corrected chi connectivity index (χ0v) is 15.7. The van der Waals surface area contributed by atoms with Crippen LogP contribution in [0.3, 0.4) is 0 Å². The van der Waals surface area contributed by atoms with Crippen LogP contribution in [0, 0.1) is 0 Å². The summed E-state index contributed by atoms with van der Waals surface area (Å²) in [4.78, 5) is 9.60. The lowest BCUT2D eigenvalue weighted by Gasteiger charge is -2.07. The van der Waals surface area contributed by atoms with Gasteiger partial charge in [-0.3, -0.25) is 9.98 Å². The van der Waals surface area contributed by atoms with Gasteiger partial charge < -0.3 is 10.6 Å². The van der Waals surface area contributed by atoms with Gasteiger partial charge in [0.05, 0.1) is 12.1 Å². The molecule has 2 fully saturated rings. The van der Waals surface area contributed by atoms with Crippen LogP contribution in [0.25, 0.3) is 11.1 Å².